The largest absolute Gasteiger partial charge is 0.0955 e. The highest BCUT2D eigenvalue weighted by atomic mass is 14.1. The second kappa shape index (κ2) is 10.5. The third kappa shape index (κ3) is 4.99. The number of allylic oxidation sites excluding steroid dienone is 2. The molecule has 0 saturated carbocycles. The van der Waals surface area contributed by atoms with E-state index >= 15 is 0 Å². The lowest BCUT2D eigenvalue weighted by molar-refractivity contribution is 1.51. The van der Waals surface area contributed by atoms with Gasteiger partial charge < -0.3 is 0 Å². The van der Waals surface area contributed by atoms with Gasteiger partial charge in [-0.2, -0.15) is 0 Å². The summed E-state index contributed by atoms with van der Waals surface area (Å²) in [6.45, 7) is 8.54. The minimum atomic E-state index is 1.07. The molecule has 0 fully saturated rings. The fraction of sp³-hybridized carbons (Fsp3) is 0.0556. The molecule has 5 aromatic rings. The molecule has 0 nitrogen and oxygen atoms in total. The van der Waals surface area contributed by atoms with Crippen LogP contribution in [-0.4, -0.2) is 0 Å². The summed E-state index contributed by atoms with van der Waals surface area (Å²) in [6.07, 6.45) is 2.31. The summed E-state index contributed by atoms with van der Waals surface area (Å²) in [7, 11) is 0. The highest BCUT2D eigenvalue weighted by molar-refractivity contribution is 5.92. The molecular formula is C36H30. The van der Waals surface area contributed by atoms with Gasteiger partial charge in [-0.3, -0.25) is 0 Å². The highest BCUT2D eigenvalue weighted by Crippen LogP contribution is 2.34. The molecule has 0 N–H and O–H groups in total. The van der Waals surface area contributed by atoms with Crippen LogP contribution in [0, 0.1) is 0 Å². The molecule has 5 rings (SSSR count). The Kier molecular flexibility index (Phi) is 6.78. The summed E-state index contributed by atoms with van der Waals surface area (Å²) < 4.78 is 0. The van der Waals surface area contributed by atoms with E-state index in [4.69, 9.17) is 0 Å². The van der Waals surface area contributed by atoms with E-state index in [0.717, 1.165) is 5.57 Å². The zero-order chi connectivity index (χ0) is 24.9. The molecule has 0 radical (unpaired) electrons. The number of benzene rings is 5. The van der Waals surface area contributed by atoms with Gasteiger partial charge in [-0.05, 0) is 81.6 Å². The van der Waals surface area contributed by atoms with Crippen LogP contribution in [-0.2, 0) is 0 Å². The van der Waals surface area contributed by atoms with Crippen LogP contribution in [0.1, 0.15) is 30.5 Å². The van der Waals surface area contributed by atoms with Gasteiger partial charge in [-0.15, -0.1) is 0 Å². The molecule has 0 saturated heterocycles. The van der Waals surface area contributed by atoms with Crippen molar-refractivity contribution in [1.82, 2.24) is 0 Å². The Balaban J connectivity index is 1.56. The molecule has 0 aliphatic carbocycles. The van der Waals surface area contributed by atoms with E-state index in [1.165, 1.54) is 55.6 Å². The van der Waals surface area contributed by atoms with E-state index in [0.29, 0.717) is 0 Å². The monoisotopic (exact) mass is 462 g/mol. The summed E-state index contributed by atoms with van der Waals surface area (Å²) in [5.41, 5.74) is 13.2. The van der Waals surface area contributed by atoms with Gasteiger partial charge in [0.15, 0.2) is 0 Å². The Morgan fingerprint density at radius 2 is 1.06 bits per heavy atom. The van der Waals surface area contributed by atoms with Crippen LogP contribution in [0.5, 0.6) is 0 Å². The van der Waals surface area contributed by atoms with E-state index in [-0.39, 0.29) is 0 Å². The quantitative estimate of drug-likeness (QED) is 0.220. The summed E-state index contributed by atoms with van der Waals surface area (Å²) in [5.74, 6) is 0. The first-order valence-corrected chi connectivity index (χ1v) is 12.4. The Morgan fingerprint density at radius 1 is 0.528 bits per heavy atom. The van der Waals surface area contributed by atoms with Gasteiger partial charge in [0, 0.05) is 0 Å². The Morgan fingerprint density at radius 3 is 1.72 bits per heavy atom. The standard InChI is InChI=1S/C36H30/c1-26(2)34-21-12-22-35(29-15-8-5-9-16-29)36(34)23-27(3)30-17-10-19-32(24-30)33-20-11-18-31(25-33)28-13-6-4-7-14-28/h4-25H,1H2,2-3H3/b27-23+. The van der Waals surface area contributed by atoms with E-state index in [1.807, 2.05) is 0 Å². The Bertz CT molecular complexity index is 1540. The van der Waals surface area contributed by atoms with E-state index in [9.17, 15) is 0 Å². The first-order chi connectivity index (χ1) is 17.6. The molecule has 0 unspecified atom stereocenters. The fourth-order valence-corrected chi connectivity index (χ4v) is 4.72. The molecule has 0 bridgehead atoms. The van der Waals surface area contributed by atoms with Crippen LogP contribution in [0.3, 0.4) is 0 Å². The van der Waals surface area contributed by atoms with Gasteiger partial charge in [0.25, 0.3) is 0 Å². The topological polar surface area (TPSA) is 0 Å². The molecule has 0 aromatic heterocycles. The van der Waals surface area contributed by atoms with Gasteiger partial charge >= 0.3 is 0 Å². The highest BCUT2D eigenvalue weighted by Gasteiger charge is 2.10. The predicted molar refractivity (Wildman–Crippen MR) is 157 cm³/mol. The normalized spacial score (nSPS) is 11.3. The van der Waals surface area contributed by atoms with E-state index in [1.54, 1.807) is 0 Å². The zero-order valence-electron chi connectivity index (χ0n) is 20.9. The Labute approximate surface area is 214 Å². The molecule has 0 amide bonds. The van der Waals surface area contributed by atoms with Gasteiger partial charge in [-0.25, -0.2) is 0 Å². The van der Waals surface area contributed by atoms with Gasteiger partial charge in [0.2, 0.25) is 0 Å². The van der Waals surface area contributed by atoms with Crippen molar-refractivity contribution in [2.45, 2.75) is 13.8 Å². The average Bonchev–Trinajstić information content (AvgIpc) is 2.94. The van der Waals surface area contributed by atoms with Crippen molar-refractivity contribution < 1.29 is 0 Å². The summed E-state index contributed by atoms with van der Waals surface area (Å²) in [6, 6.07) is 45.2. The lowest BCUT2D eigenvalue weighted by Crippen LogP contribution is -1.92. The van der Waals surface area contributed by atoms with Crippen molar-refractivity contribution in [2.24, 2.45) is 0 Å². The lowest BCUT2D eigenvalue weighted by Gasteiger charge is -2.14. The van der Waals surface area contributed by atoms with Crippen molar-refractivity contribution >= 4 is 17.2 Å². The first kappa shape index (κ1) is 23.3. The molecule has 5 aromatic carbocycles. The van der Waals surface area contributed by atoms with Crippen molar-refractivity contribution in [1.29, 1.82) is 0 Å². The molecule has 174 valence electrons. The maximum atomic E-state index is 4.26. The molecule has 0 aliphatic heterocycles. The molecule has 0 atom stereocenters. The fourth-order valence-electron chi connectivity index (χ4n) is 4.72. The number of hydrogen-bond donors (Lipinski definition) is 0. The third-order valence-electron chi connectivity index (χ3n) is 6.63. The van der Waals surface area contributed by atoms with Crippen molar-refractivity contribution in [3.05, 3.63) is 151 Å². The SMILES string of the molecule is C=C(C)c1cccc(-c2ccccc2)c1/C=C(\C)c1cccc(-c2cccc(-c3ccccc3)c2)c1. The maximum absolute atomic E-state index is 4.26. The summed E-state index contributed by atoms with van der Waals surface area (Å²) in [4.78, 5) is 0. The molecule has 0 aliphatic rings. The van der Waals surface area contributed by atoms with Crippen molar-refractivity contribution in [2.75, 3.05) is 0 Å². The van der Waals surface area contributed by atoms with Crippen molar-refractivity contribution in [3.63, 3.8) is 0 Å². The molecule has 0 heteroatoms. The van der Waals surface area contributed by atoms with E-state index in [2.05, 4.69) is 154 Å². The van der Waals surface area contributed by atoms with Gasteiger partial charge in [0.05, 0.1) is 0 Å². The van der Waals surface area contributed by atoms with Crippen LogP contribution in [0.25, 0.3) is 50.6 Å². The number of hydrogen-bond acceptors (Lipinski definition) is 0. The zero-order valence-corrected chi connectivity index (χ0v) is 20.9. The minimum absolute atomic E-state index is 1.07. The first-order valence-electron chi connectivity index (χ1n) is 12.4. The van der Waals surface area contributed by atoms with Gasteiger partial charge in [-0.1, -0.05) is 133 Å². The van der Waals surface area contributed by atoms with Crippen molar-refractivity contribution in [3.8, 4) is 33.4 Å². The van der Waals surface area contributed by atoms with Crippen LogP contribution in [0.15, 0.2) is 134 Å². The number of rotatable bonds is 6. The molecule has 0 spiro atoms. The Hall–Kier alpha value is -4.42. The second-order valence-electron chi connectivity index (χ2n) is 9.27. The van der Waals surface area contributed by atoms with E-state index < -0.39 is 0 Å². The van der Waals surface area contributed by atoms with Crippen LogP contribution >= 0.6 is 0 Å². The predicted octanol–water partition coefficient (Wildman–Crippen LogP) is 10.3. The minimum Gasteiger partial charge on any atom is -0.0955 e. The third-order valence-corrected chi connectivity index (χ3v) is 6.63. The van der Waals surface area contributed by atoms with Crippen LogP contribution in [0.4, 0.5) is 0 Å². The second-order valence-corrected chi connectivity index (χ2v) is 9.27. The molecule has 0 heterocycles. The van der Waals surface area contributed by atoms with Gasteiger partial charge in [0.1, 0.15) is 0 Å². The summed E-state index contributed by atoms with van der Waals surface area (Å²) >= 11 is 0. The van der Waals surface area contributed by atoms with Crippen LogP contribution in [0.2, 0.25) is 0 Å². The molecular weight excluding hydrogens is 432 g/mol. The average molecular weight is 463 g/mol. The molecule has 36 heavy (non-hydrogen) atoms. The smallest absolute Gasteiger partial charge is 0.0100 e. The maximum Gasteiger partial charge on any atom is -0.0100 e. The lowest BCUT2D eigenvalue weighted by atomic mass is 9.90. The summed E-state index contributed by atoms with van der Waals surface area (Å²) in [5, 5.41) is 0. The van der Waals surface area contributed by atoms with Crippen LogP contribution < -0.4 is 0 Å².